The minimum Gasteiger partial charge on any atom is -0.497 e. The van der Waals surface area contributed by atoms with Crippen LogP contribution in [-0.2, 0) is 11.2 Å². The zero-order valence-electron chi connectivity index (χ0n) is 16.9. The molecule has 2 heterocycles. The number of pyridine rings is 1. The molecular formula is C23H32N2O2. The van der Waals surface area contributed by atoms with Crippen LogP contribution in [0.1, 0.15) is 45.1 Å². The van der Waals surface area contributed by atoms with Gasteiger partial charge in [-0.3, -0.25) is 9.78 Å². The summed E-state index contributed by atoms with van der Waals surface area (Å²) in [6, 6.07) is 7.83. The van der Waals surface area contributed by atoms with Crippen molar-refractivity contribution in [1.29, 1.82) is 0 Å². The van der Waals surface area contributed by atoms with E-state index in [4.69, 9.17) is 4.74 Å². The van der Waals surface area contributed by atoms with E-state index in [-0.39, 0.29) is 0 Å². The van der Waals surface area contributed by atoms with E-state index in [9.17, 15) is 4.79 Å². The van der Waals surface area contributed by atoms with E-state index in [0.29, 0.717) is 30.5 Å². The lowest BCUT2D eigenvalue weighted by molar-refractivity contribution is -0.120. The number of aromatic nitrogens is 1. The Kier molecular flexibility index (Phi) is 6.84. The van der Waals surface area contributed by atoms with Crippen LogP contribution in [-0.4, -0.2) is 42.4 Å². The molecule has 0 amide bonds. The van der Waals surface area contributed by atoms with Gasteiger partial charge in [-0.1, -0.05) is 20.3 Å². The summed E-state index contributed by atoms with van der Waals surface area (Å²) in [5, 5.41) is 1.02. The van der Waals surface area contributed by atoms with Gasteiger partial charge in [-0.05, 0) is 67.6 Å². The normalized spacial score (nSPS) is 20.7. The maximum Gasteiger partial charge on any atom is 0.137 e. The maximum atomic E-state index is 12.9. The van der Waals surface area contributed by atoms with Gasteiger partial charge >= 0.3 is 0 Å². The van der Waals surface area contributed by atoms with Crippen molar-refractivity contribution < 1.29 is 9.53 Å². The molecule has 0 bridgehead atoms. The summed E-state index contributed by atoms with van der Waals surface area (Å²) in [5.74, 6) is 2.32. The number of carbonyl (C=O) groups is 1. The van der Waals surface area contributed by atoms with Gasteiger partial charge in [0.15, 0.2) is 0 Å². The van der Waals surface area contributed by atoms with E-state index >= 15 is 0 Å². The SMILES string of the molecule is CCCN1CC[C@@H](CC(=O)Cc2ccnc3ccc(OC)cc23)[C@@H](CC)C1. The Morgan fingerprint density at radius 3 is 2.85 bits per heavy atom. The quantitative estimate of drug-likeness (QED) is 0.688. The fraction of sp³-hybridized carbons (Fsp3) is 0.565. The lowest BCUT2D eigenvalue weighted by Gasteiger charge is -2.38. The molecule has 2 aromatic rings. The first-order chi connectivity index (χ1) is 13.1. The predicted molar refractivity (Wildman–Crippen MR) is 110 cm³/mol. The average molecular weight is 369 g/mol. The summed E-state index contributed by atoms with van der Waals surface area (Å²) in [5.41, 5.74) is 1.97. The molecule has 0 radical (unpaired) electrons. The largest absolute Gasteiger partial charge is 0.497 e. The van der Waals surface area contributed by atoms with Crippen molar-refractivity contribution in [2.45, 2.75) is 46.0 Å². The van der Waals surface area contributed by atoms with Crippen LogP contribution in [0.25, 0.3) is 10.9 Å². The molecule has 1 aliphatic rings. The van der Waals surface area contributed by atoms with Gasteiger partial charge in [0.2, 0.25) is 0 Å². The third-order valence-electron chi connectivity index (χ3n) is 5.96. The number of methoxy groups -OCH3 is 1. The van der Waals surface area contributed by atoms with Gasteiger partial charge in [0, 0.05) is 31.0 Å². The molecule has 0 saturated carbocycles. The Bertz CT molecular complexity index is 774. The molecule has 146 valence electrons. The number of carbonyl (C=O) groups excluding carboxylic acids is 1. The van der Waals surface area contributed by atoms with E-state index in [1.54, 1.807) is 13.3 Å². The summed E-state index contributed by atoms with van der Waals surface area (Å²) >= 11 is 0. The molecule has 0 N–H and O–H groups in total. The van der Waals surface area contributed by atoms with Crippen molar-refractivity contribution in [3.05, 3.63) is 36.0 Å². The van der Waals surface area contributed by atoms with Crippen molar-refractivity contribution in [2.75, 3.05) is 26.7 Å². The topological polar surface area (TPSA) is 42.4 Å². The maximum absolute atomic E-state index is 12.9. The fourth-order valence-electron chi connectivity index (χ4n) is 4.45. The second-order valence-corrected chi connectivity index (χ2v) is 7.79. The highest BCUT2D eigenvalue weighted by atomic mass is 16.5. The number of ether oxygens (including phenoxy) is 1. The Labute approximate surface area is 162 Å². The molecule has 3 rings (SSSR count). The van der Waals surface area contributed by atoms with Crippen LogP contribution in [0.4, 0.5) is 0 Å². The van der Waals surface area contributed by atoms with Crippen molar-refractivity contribution in [3.63, 3.8) is 0 Å². The second kappa shape index (κ2) is 9.32. The number of ketones is 1. The number of likely N-dealkylation sites (tertiary alicyclic amines) is 1. The van der Waals surface area contributed by atoms with Crippen LogP contribution in [0.3, 0.4) is 0 Å². The molecule has 4 nitrogen and oxygen atoms in total. The first-order valence-electron chi connectivity index (χ1n) is 10.3. The molecule has 0 spiro atoms. The molecule has 1 aliphatic heterocycles. The first kappa shape index (κ1) is 19.8. The summed E-state index contributed by atoms with van der Waals surface area (Å²) in [6.07, 6.45) is 6.50. The lowest BCUT2D eigenvalue weighted by Crippen LogP contribution is -2.41. The van der Waals surface area contributed by atoms with E-state index in [1.807, 2.05) is 24.3 Å². The number of piperidine rings is 1. The molecular weight excluding hydrogens is 336 g/mol. The number of rotatable bonds is 8. The summed E-state index contributed by atoms with van der Waals surface area (Å²) in [7, 11) is 1.66. The van der Waals surface area contributed by atoms with Crippen LogP contribution in [0.15, 0.2) is 30.5 Å². The highest BCUT2D eigenvalue weighted by molar-refractivity contribution is 5.89. The average Bonchev–Trinajstić information content (AvgIpc) is 2.69. The number of hydrogen-bond acceptors (Lipinski definition) is 4. The van der Waals surface area contributed by atoms with E-state index in [2.05, 4.69) is 23.7 Å². The molecule has 1 aromatic carbocycles. The Balaban J connectivity index is 1.68. The second-order valence-electron chi connectivity index (χ2n) is 7.79. The monoisotopic (exact) mass is 368 g/mol. The van der Waals surface area contributed by atoms with Crippen molar-refractivity contribution in [2.24, 2.45) is 11.8 Å². The minimum atomic E-state index is 0.345. The number of nitrogens with zero attached hydrogens (tertiary/aromatic N) is 2. The van der Waals surface area contributed by atoms with Gasteiger partial charge in [0.05, 0.1) is 12.6 Å². The standard InChI is InChI=1S/C23H32N2O2/c1-4-11-25-12-9-18(17(5-2)16-25)13-20(26)14-19-8-10-24-23-7-6-21(27-3)15-22(19)23/h6-8,10,15,17-18H,4-5,9,11-14,16H2,1-3H3/t17-,18-/m0/s1. The highest BCUT2D eigenvalue weighted by Gasteiger charge is 2.29. The summed E-state index contributed by atoms with van der Waals surface area (Å²) in [6.45, 7) is 7.97. The van der Waals surface area contributed by atoms with Gasteiger partial charge < -0.3 is 9.64 Å². The molecule has 4 heteroatoms. The van der Waals surface area contributed by atoms with Crippen LogP contribution in [0.2, 0.25) is 0 Å². The van der Waals surface area contributed by atoms with E-state index in [0.717, 1.165) is 48.1 Å². The molecule has 1 saturated heterocycles. The molecule has 1 fully saturated rings. The summed E-state index contributed by atoms with van der Waals surface area (Å²) in [4.78, 5) is 19.9. The number of fused-ring (bicyclic) bond motifs is 1. The Hall–Kier alpha value is -1.94. The van der Waals surface area contributed by atoms with Gasteiger partial charge in [0.1, 0.15) is 11.5 Å². The third-order valence-corrected chi connectivity index (χ3v) is 5.96. The van der Waals surface area contributed by atoms with E-state index in [1.165, 1.54) is 13.0 Å². The number of hydrogen-bond donors (Lipinski definition) is 0. The number of benzene rings is 1. The lowest BCUT2D eigenvalue weighted by atomic mass is 9.80. The Morgan fingerprint density at radius 1 is 1.26 bits per heavy atom. The van der Waals surface area contributed by atoms with Crippen molar-refractivity contribution in [3.8, 4) is 5.75 Å². The molecule has 0 aliphatic carbocycles. The van der Waals surface area contributed by atoms with Gasteiger partial charge in [-0.15, -0.1) is 0 Å². The number of Topliss-reactive ketones (excluding diaryl/α,β-unsaturated/α-hetero) is 1. The summed E-state index contributed by atoms with van der Waals surface area (Å²) < 4.78 is 5.34. The fourth-order valence-corrected chi connectivity index (χ4v) is 4.45. The van der Waals surface area contributed by atoms with Crippen LogP contribution < -0.4 is 4.74 Å². The van der Waals surface area contributed by atoms with Crippen LogP contribution in [0, 0.1) is 11.8 Å². The zero-order chi connectivity index (χ0) is 19.2. The minimum absolute atomic E-state index is 0.345. The van der Waals surface area contributed by atoms with Gasteiger partial charge in [-0.25, -0.2) is 0 Å². The zero-order valence-corrected chi connectivity index (χ0v) is 16.9. The molecule has 2 atom stereocenters. The van der Waals surface area contributed by atoms with Crippen LogP contribution >= 0.6 is 0 Å². The Morgan fingerprint density at radius 2 is 2.11 bits per heavy atom. The highest BCUT2D eigenvalue weighted by Crippen LogP contribution is 2.30. The molecule has 27 heavy (non-hydrogen) atoms. The first-order valence-corrected chi connectivity index (χ1v) is 10.3. The van der Waals surface area contributed by atoms with Crippen molar-refractivity contribution in [1.82, 2.24) is 9.88 Å². The molecule has 0 unspecified atom stereocenters. The van der Waals surface area contributed by atoms with Crippen LogP contribution in [0.5, 0.6) is 5.75 Å². The third kappa shape index (κ3) is 4.86. The van der Waals surface area contributed by atoms with Gasteiger partial charge in [0.25, 0.3) is 0 Å². The van der Waals surface area contributed by atoms with E-state index < -0.39 is 0 Å². The predicted octanol–water partition coefficient (Wildman–Crippen LogP) is 4.50. The van der Waals surface area contributed by atoms with Crippen molar-refractivity contribution >= 4 is 16.7 Å². The smallest absolute Gasteiger partial charge is 0.137 e. The molecule has 1 aromatic heterocycles. The van der Waals surface area contributed by atoms with Gasteiger partial charge in [-0.2, -0.15) is 0 Å².